The molecule has 136 valence electrons. The van der Waals surface area contributed by atoms with Gasteiger partial charge in [-0.15, -0.1) is 0 Å². The monoisotopic (exact) mass is 343 g/mol. The molecule has 0 saturated heterocycles. The molecule has 0 amide bonds. The van der Waals surface area contributed by atoms with Crippen LogP contribution in [0.3, 0.4) is 0 Å². The summed E-state index contributed by atoms with van der Waals surface area (Å²) >= 11 is 0. The van der Waals surface area contributed by atoms with Gasteiger partial charge in [0, 0.05) is 19.1 Å². The Labute approximate surface area is 151 Å². The summed E-state index contributed by atoms with van der Waals surface area (Å²) in [6.07, 6.45) is -0.517. The van der Waals surface area contributed by atoms with Gasteiger partial charge in [0.1, 0.15) is 5.75 Å². The molecule has 0 spiro atoms. The highest BCUT2D eigenvalue weighted by atomic mass is 16.5. The molecule has 0 aromatic heterocycles. The average Bonchev–Trinajstić information content (AvgIpc) is 2.62. The van der Waals surface area contributed by atoms with E-state index < -0.39 is 6.10 Å². The molecule has 2 rings (SSSR count). The maximum Gasteiger partial charge on any atom is 0.119 e. The predicted molar refractivity (Wildman–Crippen MR) is 101 cm³/mol. The Morgan fingerprint density at radius 2 is 1.72 bits per heavy atom. The van der Waals surface area contributed by atoms with Gasteiger partial charge in [-0.25, -0.2) is 0 Å². The van der Waals surface area contributed by atoms with Gasteiger partial charge in [0.2, 0.25) is 0 Å². The van der Waals surface area contributed by atoms with Crippen LogP contribution in [0, 0.1) is 0 Å². The fourth-order valence-electron chi connectivity index (χ4n) is 2.67. The molecule has 4 nitrogen and oxygen atoms in total. The zero-order valence-electron chi connectivity index (χ0n) is 15.4. The van der Waals surface area contributed by atoms with Gasteiger partial charge < -0.3 is 14.6 Å². The highest BCUT2D eigenvalue weighted by Crippen LogP contribution is 2.14. The molecule has 0 saturated carbocycles. The Hall–Kier alpha value is -1.88. The number of ether oxygens (including phenoxy) is 2. The molecular weight excluding hydrogens is 314 g/mol. The van der Waals surface area contributed by atoms with Gasteiger partial charge in [-0.05, 0) is 37.1 Å². The highest BCUT2D eigenvalue weighted by Gasteiger charge is 2.15. The number of aliphatic hydroxyl groups excluding tert-OH is 1. The summed E-state index contributed by atoms with van der Waals surface area (Å²) in [7, 11) is 1.65. The topological polar surface area (TPSA) is 41.9 Å². The van der Waals surface area contributed by atoms with Crippen molar-refractivity contribution in [2.75, 3.05) is 20.3 Å². The summed E-state index contributed by atoms with van der Waals surface area (Å²) < 4.78 is 10.9. The zero-order chi connectivity index (χ0) is 18.1. The molecule has 0 heterocycles. The van der Waals surface area contributed by atoms with Gasteiger partial charge in [-0.1, -0.05) is 42.5 Å². The minimum absolute atomic E-state index is 0.315. The lowest BCUT2D eigenvalue weighted by molar-refractivity contribution is 0.00311. The molecule has 1 unspecified atom stereocenters. The normalized spacial score (nSPS) is 12.6. The number of hydrogen-bond acceptors (Lipinski definition) is 4. The van der Waals surface area contributed by atoms with Crippen molar-refractivity contribution in [2.45, 2.75) is 39.1 Å². The summed E-state index contributed by atoms with van der Waals surface area (Å²) in [5, 5.41) is 10.3. The predicted octanol–water partition coefficient (Wildman–Crippen LogP) is 3.48. The van der Waals surface area contributed by atoms with E-state index in [9.17, 15) is 5.11 Å². The van der Waals surface area contributed by atoms with E-state index >= 15 is 0 Å². The van der Waals surface area contributed by atoms with Gasteiger partial charge in [-0.2, -0.15) is 0 Å². The Balaban J connectivity index is 1.79. The second-order valence-electron chi connectivity index (χ2n) is 6.53. The maximum absolute atomic E-state index is 10.3. The molecule has 2 aromatic carbocycles. The summed E-state index contributed by atoms with van der Waals surface area (Å²) in [6.45, 7) is 6.49. The standard InChI is InChI=1S/C21H29NO3/c1-17(2)22(13-18-8-5-4-6-9-18)14-20(23)16-25-15-19-10-7-11-21(12-19)24-3/h4-12,17,20,23H,13-16H2,1-3H3. The molecule has 25 heavy (non-hydrogen) atoms. The molecular formula is C21H29NO3. The molecule has 0 bridgehead atoms. The van der Waals surface area contributed by atoms with E-state index in [4.69, 9.17) is 9.47 Å². The zero-order valence-corrected chi connectivity index (χ0v) is 15.4. The van der Waals surface area contributed by atoms with Crippen LogP contribution in [0.25, 0.3) is 0 Å². The molecule has 1 atom stereocenters. The summed E-state index contributed by atoms with van der Waals surface area (Å²) in [5.41, 5.74) is 2.29. The van der Waals surface area contributed by atoms with E-state index in [0.29, 0.717) is 25.8 Å². The number of benzene rings is 2. The average molecular weight is 343 g/mol. The molecule has 4 heteroatoms. The van der Waals surface area contributed by atoms with E-state index in [1.165, 1.54) is 5.56 Å². The van der Waals surface area contributed by atoms with Crippen LogP contribution in [0.15, 0.2) is 54.6 Å². The summed E-state index contributed by atoms with van der Waals surface area (Å²) in [5.74, 6) is 0.815. The van der Waals surface area contributed by atoms with Crippen LogP contribution in [-0.2, 0) is 17.9 Å². The number of nitrogens with zero attached hydrogens (tertiary/aromatic N) is 1. The minimum atomic E-state index is -0.517. The van der Waals surface area contributed by atoms with Crippen LogP contribution < -0.4 is 4.74 Å². The Morgan fingerprint density at radius 1 is 1.00 bits per heavy atom. The van der Waals surface area contributed by atoms with Crippen LogP contribution in [0.1, 0.15) is 25.0 Å². The fourth-order valence-corrected chi connectivity index (χ4v) is 2.67. The third-order valence-corrected chi connectivity index (χ3v) is 4.12. The van der Waals surface area contributed by atoms with Crippen molar-refractivity contribution >= 4 is 0 Å². The first-order chi connectivity index (χ1) is 12.1. The van der Waals surface area contributed by atoms with Crippen molar-refractivity contribution in [3.63, 3.8) is 0 Å². The second kappa shape index (κ2) is 10.2. The first kappa shape index (κ1) is 19.4. The first-order valence-electron chi connectivity index (χ1n) is 8.75. The lowest BCUT2D eigenvalue weighted by Crippen LogP contribution is -2.38. The van der Waals surface area contributed by atoms with E-state index in [-0.39, 0.29) is 0 Å². The van der Waals surface area contributed by atoms with Crippen molar-refractivity contribution in [1.82, 2.24) is 4.90 Å². The number of methoxy groups -OCH3 is 1. The minimum Gasteiger partial charge on any atom is -0.497 e. The molecule has 0 fully saturated rings. The van der Waals surface area contributed by atoms with Crippen LogP contribution in [0.4, 0.5) is 0 Å². The third kappa shape index (κ3) is 6.86. The second-order valence-corrected chi connectivity index (χ2v) is 6.53. The number of rotatable bonds is 10. The van der Waals surface area contributed by atoms with Crippen molar-refractivity contribution < 1.29 is 14.6 Å². The number of aliphatic hydroxyl groups is 1. The van der Waals surface area contributed by atoms with E-state index in [2.05, 4.69) is 30.9 Å². The van der Waals surface area contributed by atoms with Crippen LogP contribution >= 0.6 is 0 Å². The van der Waals surface area contributed by atoms with Crippen molar-refractivity contribution in [2.24, 2.45) is 0 Å². The van der Waals surface area contributed by atoms with Crippen LogP contribution in [-0.4, -0.2) is 42.4 Å². The van der Waals surface area contributed by atoms with Gasteiger partial charge >= 0.3 is 0 Å². The van der Waals surface area contributed by atoms with Crippen molar-refractivity contribution in [3.8, 4) is 5.75 Å². The third-order valence-electron chi connectivity index (χ3n) is 4.12. The van der Waals surface area contributed by atoms with Crippen LogP contribution in [0.5, 0.6) is 5.75 Å². The molecule has 0 radical (unpaired) electrons. The lowest BCUT2D eigenvalue weighted by Gasteiger charge is -2.28. The van der Waals surface area contributed by atoms with E-state index in [1.807, 2.05) is 42.5 Å². The van der Waals surface area contributed by atoms with E-state index in [1.54, 1.807) is 7.11 Å². The van der Waals surface area contributed by atoms with E-state index in [0.717, 1.165) is 17.9 Å². The summed E-state index contributed by atoms with van der Waals surface area (Å²) in [4.78, 5) is 2.26. The Kier molecular flexibility index (Phi) is 7.92. The Bertz CT molecular complexity index is 616. The first-order valence-corrected chi connectivity index (χ1v) is 8.75. The highest BCUT2D eigenvalue weighted by molar-refractivity contribution is 5.27. The summed E-state index contributed by atoms with van der Waals surface area (Å²) in [6, 6.07) is 18.5. The molecule has 0 aliphatic heterocycles. The van der Waals surface area contributed by atoms with Gasteiger partial charge in [0.25, 0.3) is 0 Å². The SMILES string of the molecule is COc1cccc(COCC(O)CN(Cc2ccccc2)C(C)C)c1. The van der Waals surface area contributed by atoms with Gasteiger partial charge in [0.15, 0.2) is 0 Å². The van der Waals surface area contributed by atoms with Gasteiger partial charge in [0.05, 0.1) is 26.4 Å². The van der Waals surface area contributed by atoms with Gasteiger partial charge in [-0.3, -0.25) is 4.90 Å². The molecule has 1 N–H and O–H groups in total. The smallest absolute Gasteiger partial charge is 0.119 e. The fraction of sp³-hybridized carbons (Fsp3) is 0.429. The number of hydrogen-bond donors (Lipinski definition) is 1. The molecule has 0 aliphatic carbocycles. The van der Waals surface area contributed by atoms with Crippen molar-refractivity contribution in [3.05, 3.63) is 65.7 Å². The molecule has 0 aliphatic rings. The van der Waals surface area contributed by atoms with Crippen molar-refractivity contribution in [1.29, 1.82) is 0 Å². The largest absolute Gasteiger partial charge is 0.497 e. The quantitative estimate of drug-likeness (QED) is 0.717. The maximum atomic E-state index is 10.3. The lowest BCUT2D eigenvalue weighted by atomic mass is 10.1. The molecule has 2 aromatic rings. The Morgan fingerprint density at radius 3 is 2.40 bits per heavy atom. The van der Waals surface area contributed by atoms with Crippen LogP contribution in [0.2, 0.25) is 0 Å².